The molecular weight excluding hydrogens is 569 g/mol. The van der Waals surface area contributed by atoms with Crippen LogP contribution in [0, 0.1) is 25.2 Å². The van der Waals surface area contributed by atoms with Gasteiger partial charge in [-0.3, -0.25) is 9.69 Å². The predicted molar refractivity (Wildman–Crippen MR) is 161 cm³/mol. The Morgan fingerprint density at radius 1 is 0.974 bits per heavy atom. The Balaban J connectivity index is 1.63. The molecule has 3 aromatic rings. The molecule has 5 rings (SSSR count). The van der Waals surface area contributed by atoms with Crippen LogP contribution in [-0.4, -0.2) is 5.78 Å². The van der Waals surface area contributed by atoms with Gasteiger partial charge < -0.3 is 5.73 Å². The first-order valence-electron chi connectivity index (χ1n) is 12.6. The van der Waals surface area contributed by atoms with Crippen molar-refractivity contribution in [3.63, 3.8) is 0 Å². The van der Waals surface area contributed by atoms with Gasteiger partial charge in [0.1, 0.15) is 5.82 Å². The zero-order valence-electron chi connectivity index (χ0n) is 21.5. The Morgan fingerprint density at radius 3 is 2.33 bits per heavy atom. The molecule has 2 N–H and O–H groups in total. The number of ketones is 1. The molecule has 0 spiro atoms. The van der Waals surface area contributed by atoms with E-state index < -0.39 is 5.92 Å². The van der Waals surface area contributed by atoms with E-state index in [1.54, 1.807) is 34.9 Å². The van der Waals surface area contributed by atoms with E-state index in [9.17, 15) is 10.1 Å². The highest BCUT2D eigenvalue weighted by molar-refractivity contribution is 7.98. The number of benzene rings is 3. The van der Waals surface area contributed by atoms with E-state index >= 15 is 0 Å². The fourth-order valence-electron chi connectivity index (χ4n) is 5.44. The predicted octanol–water partition coefficient (Wildman–Crippen LogP) is 8.86. The number of thioether (sulfide) groups is 1. The van der Waals surface area contributed by atoms with Crippen LogP contribution in [-0.2, 0) is 10.5 Å². The second-order valence-corrected chi connectivity index (χ2v) is 12.2. The molecule has 0 fully saturated rings. The Kier molecular flexibility index (Phi) is 8.03. The van der Waals surface area contributed by atoms with Crippen molar-refractivity contribution in [1.82, 2.24) is 0 Å². The molecule has 0 amide bonds. The number of anilines is 1. The number of nitrogens with zero attached hydrogens (tertiary/aromatic N) is 2. The maximum atomic E-state index is 13.6. The van der Waals surface area contributed by atoms with Crippen molar-refractivity contribution in [3.05, 3.63) is 115 Å². The second-order valence-electron chi connectivity index (χ2n) is 9.82. The van der Waals surface area contributed by atoms with Gasteiger partial charge in [-0.25, -0.2) is 0 Å². The summed E-state index contributed by atoms with van der Waals surface area (Å²) in [7, 11) is 0. The smallest absolute Gasteiger partial charge is 0.161 e. The molecule has 4 nitrogen and oxygen atoms in total. The lowest BCUT2D eigenvalue weighted by atomic mass is 9.74. The van der Waals surface area contributed by atoms with Crippen LogP contribution in [0.15, 0.2) is 82.2 Å². The minimum absolute atomic E-state index is 0.0386. The average Bonchev–Trinajstić information content (AvgIpc) is 2.88. The number of halogens is 3. The third-order valence-electron chi connectivity index (χ3n) is 7.26. The fraction of sp³-hybridized carbons (Fsp3) is 0.226. The number of hydrogen-bond acceptors (Lipinski definition) is 5. The quantitative estimate of drug-likeness (QED) is 0.299. The summed E-state index contributed by atoms with van der Waals surface area (Å²) in [5, 5.41) is 12.0. The molecule has 3 aromatic carbocycles. The molecule has 0 saturated heterocycles. The number of rotatable bonds is 5. The monoisotopic (exact) mass is 593 g/mol. The Bertz CT molecular complexity index is 1570. The molecule has 1 aliphatic carbocycles. The van der Waals surface area contributed by atoms with Crippen LogP contribution < -0.4 is 10.6 Å². The Labute approximate surface area is 248 Å². The lowest BCUT2D eigenvalue weighted by Gasteiger charge is -2.40. The number of allylic oxidation sites excluding steroid dienone is 3. The van der Waals surface area contributed by atoms with Gasteiger partial charge in [0.2, 0.25) is 0 Å². The molecule has 0 radical (unpaired) electrons. The standard InChI is InChI=1S/C31H26Cl3N3OS/c1-17-10-18(2)25(11-19(17)16-39-24-8-6-20(32)7-9-24)29-26(15-35)31(36)37(23-13-21(33)12-22(34)14-23)27-4-3-5-28(38)30(27)29/h6-14,29H,3-5,16,36H2,1-2H3. The Morgan fingerprint density at radius 2 is 1.67 bits per heavy atom. The molecule has 1 heterocycles. The first-order valence-corrected chi connectivity index (χ1v) is 14.7. The zero-order chi connectivity index (χ0) is 27.8. The van der Waals surface area contributed by atoms with Crippen LogP contribution in [0.3, 0.4) is 0 Å². The van der Waals surface area contributed by atoms with Crippen molar-refractivity contribution in [1.29, 1.82) is 5.26 Å². The maximum absolute atomic E-state index is 13.6. The summed E-state index contributed by atoms with van der Waals surface area (Å²) in [6, 6.07) is 19.5. The fourth-order valence-corrected chi connectivity index (χ4v) is 7.04. The molecule has 1 unspecified atom stereocenters. The van der Waals surface area contributed by atoms with Crippen LogP contribution in [0.1, 0.15) is 47.4 Å². The van der Waals surface area contributed by atoms with E-state index in [0.717, 1.165) is 38.6 Å². The molecule has 0 aromatic heterocycles. The first-order chi connectivity index (χ1) is 18.7. The van der Waals surface area contributed by atoms with Gasteiger partial charge in [0.15, 0.2) is 5.78 Å². The van der Waals surface area contributed by atoms with E-state index in [1.165, 1.54) is 0 Å². The highest BCUT2D eigenvalue weighted by Gasteiger charge is 2.41. The molecule has 0 bridgehead atoms. The highest BCUT2D eigenvalue weighted by atomic mass is 35.5. The number of carbonyl (C=O) groups excluding carboxylic acids is 1. The number of carbonyl (C=O) groups is 1. The molecule has 2 aliphatic rings. The summed E-state index contributed by atoms with van der Waals surface area (Å²) >= 11 is 20.4. The van der Waals surface area contributed by atoms with Gasteiger partial charge in [-0.1, -0.05) is 46.9 Å². The van der Waals surface area contributed by atoms with E-state index in [-0.39, 0.29) is 5.78 Å². The molecule has 0 saturated carbocycles. The van der Waals surface area contributed by atoms with Crippen LogP contribution in [0.4, 0.5) is 5.69 Å². The molecule has 198 valence electrons. The first kappa shape index (κ1) is 27.7. The van der Waals surface area contributed by atoms with Crippen molar-refractivity contribution in [2.75, 3.05) is 4.90 Å². The lowest BCUT2D eigenvalue weighted by molar-refractivity contribution is -0.116. The van der Waals surface area contributed by atoms with E-state index in [4.69, 9.17) is 40.5 Å². The number of nitrogens with two attached hydrogens (primary N) is 1. The third kappa shape index (κ3) is 5.44. The zero-order valence-corrected chi connectivity index (χ0v) is 24.6. The van der Waals surface area contributed by atoms with Crippen LogP contribution in [0.25, 0.3) is 0 Å². The van der Waals surface area contributed by atoms with Crippen molar-refractivity contribution in [2.24, 2.45) is 5.73 Å². The van der Waals surface area contributed by atoms with Crippen LogP contribution >= 0.6 is 46.6 Å². The summed E-state index contributed by atoms with van der Waals surface area (Å²) in [5.41, 5.74) is 13.4. The molecule has 1 aliphatic heterocycles. The third-order valence-corrected chi connectivity index (χ3v) is 9.01. The number of hydrogen-bond donors (Lipinski definition) is 1. The van der Waals surface area contributed by atoms with Gasteiger partial charge in [0.25, 0.3) is 0 Å². The summed E-state index contributed by atoms with van der Waals surface area (Å²) in [5.74, 6) is 0.535. The molecular formula is C31H26Cl3N3OS. The van der Waals surface area contributed by atoms with Gasteiger partial charge in [-0.05, 0) is 91.4 Å². The molecule has 1 atom stereocenters. The summed E-state index contributed by atoms with van der Waals surface area (Å²) in [6.07, 6.45) is 1.80. The summed E-state index contributed by atoms with van der Waals surface area (Å²) in [4.78, 5) is 16.5. The lowest BCUT2D eigenvalue weighted by Crippen LogP contribution is -2.39. The van der Waals surface area contributed by atoms with Gasteiger partial charge in [0.05, 0.1) is 23.2 Å². The van der Waals surface area contributed by atoms with E-state index in [0.29, 0.717) is 57.0 Å². The summed E-state index contributed by atoms with van der Waals surface area (Å²) in [6.45, 7) is 4.12. The molecule has 8 heteroatoms. The van der Waals surface area contributed by atoms with Crippen LogP contribution in [0.2, 0.25) is 15.1 Å². The normalized spacial score (nSPS) is 17.4. The van der Waals surface area contributed by atoms with Crippen molar-refractivity contribution >= 4 is 58.0 Å². The maximum Gasteiger partial charge on any atom is 0.161 e. The topological polar surface area (TPSA) is 70.1 Å². The average molecular weight is 595 g/mol. The van der Waals surface area contributed by atoms with Gasteiger partial charge in [-0.15, -0.1) is 11.8 Å². The second kappa shape index (κ2) is 11.3. The molecule has 39 heavy (non-hydrogen) atoms. The minimum Gasteiger partial charge on any atom is -0.384 e. The van der Waals surface area contributed by atoms with Gasteiger partial charge >= 0.3 is 0 Å². The van der Waals surface area contributed by atoms with Crippen molar-refractivity contribution < 1.29 is 4.79 Å². The van der Waals surface area contributed by atoms with E-state index in [1.807, 2.05) is 31.2 Å². The van der Waals surface area contributed by atoms with Crippen molar-refractivity contribution in [3.8, 4) is 6.07 Å². The Hall–Kier alpha value is -2.88. The van der Waals surface area contributed by atoms with Crippen molar-refractivity contribution in [2.45, 2.75) is 49.7 Å². The number of nitriles is 1. The number of Topliss-reactive ketones (excluding diaryl/α,β-unsaturated/α-hetero) is 1. The summed E-state index contributed by atoms with van der Waals surface area (Å²) < 4.78 is 0. The minimum atomic E-state index is -0.538. The van der Waals surface area contributed by atoms with Gasteiger partial charge in [0, 0.05) is 43.4 Å². The van der Waals surface area contributed by atoms with Gasteiger partial charge in [-0.2, -0.15) is 5.26 Å². The largest absolute Gasteiger partial charge is 0.384 e. The van der Waals surface area contributed by atoms with Crippen LogP contribution in [0.5, 0.6) is 0 Å². The SMILES string of the molecule is Cc1cc(C)c(C2C(C#N)=C(N)N(c3cc(Cl)cc(Cl)c3)C3=C2C(=O)CCC3)cc1CSc1ccc(Cl)cc1. The highest BCUT2D eigenvalue weighted by Crippen LogP contribution is 2.48. The van der Waals surface area contributed by atoms with E-state index in [2.05, 4.69) is 25.1 Å². The number of aryl methyl sites for hydroxylation is 2.